The summed E-state index contributed by atoms with van der Waals surface area (Å²) < 4.78 is 10.6. The predicted molar refractivity (Wildman–Crippen MR) is 242 cm³/mol. The summed E-state index contributed by atoms with van der Waals surface area (Å²) in [6.07, 6.45) is 60.6. The minimum atomic E-state index is -0.795. The van der Waals surface area contributed by atoms with Crippen LogP contribution in [0.25, 0.3) is 0 Å². The van der Waals surface area contributed by atoms with Crippen LogP contribution in [0, 0.1) is 0 Å². The quantitative estimate of drug-likeness (QED) is 0.0378. The Morgan fingerprint density at radius 2 is 0.750 bits per heavy atom. The Kier molecular flexibility index (Phi) is 45.4. The molecule has 0 fully saturated rings. The van der Waals surface area contributed by atoms with E-state index in [-0.39, 0.29) is 25.2 Å². The van der Waals surface area contributed by atoms with Crippen LogP contribution in [0.4, 0.5) is 0 Å². The predicted octanol–water partition coefficient (Wildman–Crippen LogP) is 15.7. The van der Waals surface area contributed by atoms with E-state index in [0.717, 1.165) is 44.9 Å². The average molecular weight is 785 g/mol. The fraction of sp³-hybridized carbons (Fsp3) is 0.804. The standard InChI is InChI=1S/C51H92O5/c1-3-5-7-9-11-13-15-17-19-21-23-24-25-26-28-30-32-34-36-38-40-42-44-46-51(54)56-49(47-52)48-55-50(53)45-43-41-39-37-35-33-31-29-27-22-20-18-16-14-12-10-8-6-4-2/h12,14,18,20,30,32,38,40,49,52H,3-11,13,15-17,19,21-29,31,33-37,39,41-48H2,1-2H3/b14-12+,20-18+,32-30+,40-38+/t49-/m0/s1. The topological polar surface area (TPSA) is 72.8 Å². The second-order valence-corrected chi connectivity index (χ2v) is 16.2. The van der Waals surface area contributed by atoms with Crippen LogP contribution in [0.1, 0.15) is 245 Å². The number of hydrogen-bond donors (Lipinski definition) is 1. The van der Waals surface area contributed by atoms with E-state index in [0.29, 0.717) is 19.3 Å². The summed E-state index contributed by atoms with van der Waals surface area (Å²) in [4.78, 5) is 24.4. The van der Waals surface area contributed by atoms with Crippen molar-refractivity contribution in [2.45, 2.75) is 251 Å². The maximum Gasteiger partial charge on any atom is 0.306 e. The van der Waals surface area contributed by atoms with Gasteiger partial charge in [0.1, 0.15) is 6.61 Å². The highest BCUT2D eigenvalue weighted by Gasteiger charge is 2.16. The number of carbonyl (C=O) groups excluding carboxylic acids is 2. The molecule has 0 saturated heterocycles. The lowest BCUT2D eigenvalue weighted by molar-refractivity contribution is -0.161. The molecule has 0 amide bonds. The number of aliphatic hydroxyl groups excluding tert-OH is 1. The SMILES string of the molecule is CCCCC/C=C/C/C=C/CCCCCCCCCCCC(=O)OC[C@H](CO)OC(=O)CCC/C=C/CC/C=C/CCCCCCCCCCCCCCCC. The van der Waals surface area contributed by atoms with Crippen molar-refractivity contribution in [2.24, 2.45) is 0 Å². The first-order valence-corrected chi connectivity index (χ1v) is 24.2. The number of ether oxygens (including phenoxy) is 2. The number of hydrogen-bond acceptors (Lipinski definition) is 5. The second-order valence-electron chi connectivity index (χ2n) is 16.2. The second kappa shape index (κ2) is 47.2. The van der Waals surface area contributed by atoms with Gasteiger partial charge in [0.05, 0.1) is 6.61 Å². The van der Waals surface area contributed by atoms with Gasteiger partial charge in [0.15, 0.2) is 6.10 Å². The summed E-state index contributed by atoms with van der Waals surface area (Å²) in [6.45, 7) is 4.10. The van der Waals surface area contributed by atoms with E-state index in [9.17, 15) is 14.7 Å². The molecule has 326 valence electrons. The Bertz CT molecular complexity index is 935. The third-order valence-electron chi connectivity index (χ3n) is 10.6. The number of aliphatic hydroxyl groups is 1. The Morgan fingerprint density at radius 1 is 0.411 bits per heavy atom. The maximum absolute atomic E-state index is 12.2. The summed E-state index contributed by atoms with van der Waals surface area (Å²) >= 11 is 0. The Morgan fingerprint density at radius 3 is 1.21 bits per heavy atom. The van der Waals surface area contributed by atoms with Gasteiger partial charge < -0.3 is 14.6 Å². The van der Waals surface area contributed by atoms with E-state index >= 15 is 0 Å². The molecule has 0 aliphatic rings. The van der Waals surface area contributed by atoms with Gasteiger partial charge in [0, 0.05) is 12.8 Å². The van der Waals surface area contributed by atoms with E-state index in [1.54, 1.807) is 0 Å². The maximum atomic E-state index is 12.2. The summed E-state index contributed by atoms with van der Waals surface area (Å²) in [5.41, 5.74) is 0. The zero-order valence-corrected chi connectivity index (χ0v) is 37.1. The first kappa shape index (κ1) is 53.9. The van der Waals surface area contributed by atoms with Gasteiger partial charge in [-0.25, -0.2) is 0 Å². The molecular weight excluding hydrogens is 693 g/mol. The normalized spacial score (nSPS) is 12.6. The molecule has 5 heteroatoms. The van der Waals surface area contributed by atoms with Crippen molar-refractivity contribution in [3.05, 3.63) is 48.6 Å². The Hall–Kier alpha value is -2.14. The number of allylic oxidation sites excluding steroid dienone is 8. The lowest BCUT2D eigenvalue weighted by Gasteiger charge is -2.15. The third-order valence-corrected chi connectivity index (χ3v) is 10.6. The van der Waals surface area contributed by atoms with Gasteiger partial charge in [-0.2, -0.15) is 0 Å². The van der Waals surface area contributed by atoms with Crippen LogP contribution in [0.15, 0.2) is 48.6 Å². The monoisotopic (exact) mass is 785 g/mol. The van der Waals surface area contributed by atoms with Crippen LogP contribution in [0.3, 0.4) is 0 Å². The fourth-order valence-electron chi connectivity index (χ4n) is 6.90. The van der Waals surface area contributed by atoms with Crippen molar-refractivity contribution < 1.29 is 24.2 Å². The summed E-state index contributed by atoms with van der Waals surface area (Å²) in [5.74, 6) is -0.639. The van der Waals surface area contributed by atoms with Gasteiger partial charge in [-0.15, -0.1) is 0 Å². The minimum Gasteiger partial charge on any atom is -0.462 e. The molecule has 0 aromatic rings. The fourth-order valence-corrected chi connectivity index (χ4v) is 6.90. The summed E-state index contributed by atoms with van der Waals surface area (Å²) in [6, 6.07) is 0. The zero-order chi connectivity index (χ0) is 40.7. The van der Waals surface area contributed by atoms with Gasteiger partial charge >= 0.3 is 11.9 Å². The molecule has 0 aromatic carbocycles. The lowest BCUT2D eigenvalue weighted by atomic mass is 10.0. The Labute approximate surface area is 348 Å². The molecular formula is C51H92O5. The van der Waals surface area contributed by atoms with E-state index in [1.807, 2.05) is 0 Å². The van der Waals surface area contributed by atoms with Crippen molar-refractivity contribution in [3.63, 3.8) is 0 Å². The molecule has 0 aliphatic heterocycles. The zero-order valence-electron chi connectivity index (χ0n) is 37.1. The first-order chi connectivity index (χ1) is 27.6. The number of carbonyl (C=O) groups is 2. The van der Waals surface area contributed by atoms with Gasteiger partial charge in [0.2, 0.25) is 0 Å². The van der Waals surface area contributed by atoms with Crippen LogP contribution >= 0.6 is 0 Å². The molecule has 1 atom stereocenters. The molecule has 0 rings (SSSR count). The highest BCUT2D eigenvalue weighted by Crippen LogP contribution is 2.15. The van der Waals surface area contributed by atoms with E-state index in [1.165, 1.54) is 167 Å². The van der Waals surface area contributed by atoms with Crippen molar-refractivity contribution in [1.29, 1.82) is 0 Å². The van der Waals surface area contributed by atoms with Gasteiger partial charge in [-0.3, -0.25) is 9.59 Å². The van der Waals surface area contributed by atoms with Gasteiger partial charge in [0.25, 0.3) is 0 Å². The number of unbranched alkanes of at least 4 members (excludes halogenated alkanes) is 28. The molecule has 0 unspecified atom stereocenters. The highest BCUT2D eigenvalue weighted by atomic mass is 16.6. The van der Waals surface area contributed by atoms with Crippen molar-refractivity contribution in [1.82, 2.24) is 0 Å². The van der Waals surface area contributed by atoms with Crippen LogP contribution < -0.4 is 0 Å². The molecule has 56 heavy (non-hydrogen) atoms. The van der Waals surface area contributed by atoms with Crippen molar-refractivity contribution in [2.75, 3.05) is 13.2 Å². The molecule has 0 aliphatic carbocycles. The number of rotatable bonds is 44. The molecule has 0 aromatic heterocycles. The van der Waals surface area contributed by atoms with Crippen LogP contribution in [0.2, 0.25) is 0 Å². The lowest BCUT2D eigenvalue weighted by Crippen LogP contribution is -2.28. The molecule has 0 saturated carbocycles. The average Bonchev–Trinajstić information content (AvgIpc) is 3.20. The largest absolute Gasteiger partial charge is 0.462 e. The highest BCUT2D eigenvalue weighted by molar-refractivity contribution is 5.70. The molecule has 0 spiro atoms. The van der Waals surface area contributed by atoms with Crippen LogP contribution in [-0.4, -0.2) is 36.4 Å². The Balaban J connectivity index is 3.56. The van der Waals surface area contributed by atoms with Gasteiger partial charge in [-0.05, 0) is 77.0 Å². The van der Waals surface area contributed by atoms with Gasteiger partial charge in [-0.1, -0.05) is 204 Å². The molecule has 0 radical (unpaired) electrons. The van der Waals surface area contributed by atoms with Crippen molar-refractivity contribution >= 4 is 11.9 Å². The first-order valence-electron chi connectivity index (χ1n) is 24.2. The van der Waals surface area contributed by atoms with E-state index in [4.69, 9.17) is 9.47 Å². The summed E-state index contributed by atoms with van der Waals surface area (Å²) in [5, 5.41) is 9.60. The number of esters is 2. The van der Waals surface area contributed by atoms with E-state index < -0.39 is 6.10 Å². The van der Waals surface area contributed by atoms with E-state index in [2.05, 4.69) is 62.5 Å². The smallest absolute Gasteiger partial charge is 0.306 e. The molecule has 0 bridgehead atoms. The van der Waals surface area contributed by atoms with Crippen LogP contribution in [0.5, 0.6) is 0 Å². The molecule has 5 nitrogen and oxygen atoms in total. The van der Waals surface area contributed by atoms with Crippen molar-refractivity contribution in [3.8, 4) is 0 Å². The third kappa shape index (κ3) is 44.6. The molecule has 0 heterocycles. The summed E-state index contributed by atoms with van der Waals surface area (Å²) in [7, 11) is 0. The minimum absolute atomic E-state index is 0.0835. The van der Waals surface area contributed by atoms with Crippen LogP contribution in [-0.2, 0) is 19.1 Å². The molecule has 1 N–H and O–H groups in total.